The maximum absolute atomic E-state index is 14.4. The van der Waals surface area contributed by atoms with Crippen molar-refractivity contribution in [2.45, 2.75) is 51.1 Å². The summed E-state index contributed by atoms with van der Waals surface area (Å²) >= 11 is 0. The maximum atomic E-state index is 14.4. The Balaban J connectivity index is 1.53. The molecule has 0 radical (unpaired) electrons. The van der Waals surface area contributed by atoms with Crippen molar-refractivity contribution in [1.82, 2.24) is 19.5 Å². The zero-order chi connectivity index (χ0) is 25.4. The summed E-state index contributed by atoms with van der Waals surface area (Å²) in [5, 5.41) is 6.08. The van der Waals surface area contributed by atoms with Gasteiger partial charge < -0.3 is 21.1 Å². The van der Waals surface area contributed by atoms with Gasteiger partial charge >= 0.3 is 0 Å². The minimum Gasteiger partial charge on any atom is -0.381 e. The minimum atomic E-state index is -1.08. The zero-order valence-electron chi connectivity index (χ0n) is 19.8. The quantitative estimate of drug-likeness (QED) is 0.464. The molecule has 0 bridgehead atoms. The first kappa shape index (κ1) is 24.3. The van der Waals surface area contributed by atoms with Gasteiger partial charge in [0.05, 0.1) is 12.8 Å². The molecule has 5 rings (SSSR count). The summed E-state index contributed by atoms with van der Waals surface area (Å²) in [5.74, 6) is -2.89. The zero-order valence-corrected chi connectivity index (χ0v) is 19.8. The molecule has 3 aromatic rings. The number of carbonyl (C=O) groups is 1. The van der Waals surface area contributed by atoms with Crippen LogP contribution in [0.1, 0.15) is 45.1 Å². The maximum Gasteiger partial charge on any atom is 0.224 e. The van der Waals surface area contributed by atoms with Crippen molar-refractivity contribution in [1.29, 1.82) is 0 Å². The van der Waals surface area contributed by atoms with E-state index >= 15 is 0 Å². The van der Waals surface area contributed by atoms with Crippen LogP contribution in [0.2, 0.25) is 0 Å². The second-order valence-corrected chi connectivity index (χ2v) is 9.58. The van der Waals surface area contributed by atoms with Crippen molar-refractivity contribution in [3.05, 3.63) is 35.8 Å². The van der Waals surface area contributed by atoms with E-state index in [0.717, 1.165) is 6.42 Å². The number of carbonyl (C=O) groups excluding carboxylic acids is 1. The van der Waals surface area contributed by atoms with Crippen molar-refractivity contribution in [3.63, 3.8) is 0 Å². The lowest BCUT2D eigenvalue weighted by Gasteiger charge is -2.30. The molecule has 2 aliphatic rings. The van der Waals surface area contributed by atoms with Crippen LogP contribution in [-0.2, 0) is 9.53 Å². The first-order valence-electron chi connectivity index (χ1n) is 12.1. The molecule has 3 heterocycles. The second-order valence-electron chi connectivity index (χ2n) is 9.58. The minimum absolute atomic E-state index is 0.138. The first-order valence-corrected chi connectivity index (χ1v) is 12.1. The molecule has 2 aromatic heterocycles. The largest absolute Gasteiger partial charge is 0.381 e. The van der Waals surface area contributed by atoms with Crippen LogP contribution in [0.15, 0.2) is 18.3 Å². The fourth-order valence-electron chi connectivity index (χ4n) is 5.05. The number of primary amides is 1. The van der Waals surface area contributed by atoms with Crippen LogP contribution in [0.25, 0.3) is 11.2 Å². The molecule has 2 fully saturated rings. The highest BCUT2D eigenvalue weighted by molar-refractivity contribution is 5.78. The number of nitrogens with two attached hydrogens (primary N) is 1. The third-order valence-corrected chi connectivity index (χ3v) is 7.10. The molecular weight excluding hydrogens is 475 g/mol. The Labute approximate surface area is 205 Å². The number of rotatable bonds is 6. The van der Waals surface area contributed by atoms with Crippen molar-refractivity contribution in [3.8, 4) is 0 Å². The van der Waals surface area contributed by atoms with Crippen molar-refractivity contribution in [2.24, 2.45) is 17.6 Å². The number of nitrogens with one attached hydrogen (secondary N) is 2. The molecular formula is C24H28F3N7O2. The Kier molecular flexibility index (Phi) is 6.69. The van der Waals surface area contributed by atoms with Gasteiger partial charge in [-0.15, -0.1) is 0 Å². The molecule has 4 N–H and O–H groups in total. The SMILES string of the molecule is C[C@H]1COCC[C@H]1Nc1ncc2nc(Nc3c(F)cc(F)cc3F)n(C3CCC(C(N)=O)CC3)c2n1. The lowest BCUT2D eigenvalue weighted by molar-refractivity contribution is -0.122. The van der Waals surface area contributed by atoms with Crippen LogP contribution >= 0.6 is 0 Å². The molecule has 9 nitrogen and oxygen atoms in total. The summed E-state index contributed by atoms with van der Waals surface area (Å²) in [7, 11) is 0. The molecule has 12 heteroatoms. The van der Waals surface area contributed by atoms with E-state index in [0.29, 0.717) is 68.1 Å². The molecule has 1 amide bonds. The van der Waals surface area contributed by atoms with E-state index in [1.165, 1.54) is 0 Å². The van der Waals surface area contributed by atoms with Crippen LogP contribution in [0.5, 0.6) is 0 Å². The third kappa shape index (κ3) is 4.81. The summed E-state index contributed by atoms with van der Waals surface area (Å²) in [6.07, 6.45) is 4.73. The normalized spacial score (nSPS) is 24.6. The van der Waals surface area contributed by atoms with Gasteiger partial charge in [-0.2, -0.15) is 4.98 Å². The van der Waals surface area contributed by atoms with Gasteiger partial charge in [0, 0.05) is 36.7 Å². The van der Waals surface area contributed by atoms with Gasteiger partial charge in [-0.25, -0.2) is 23.1 Å². The Bertz CT molecular complexity index is 1250. The summed E-state index contributed by atoms with van der Waals surface area (Å²) < 4.78 is 49.6. The molecule has 0 unspecified atom stereocenters. The molecule has 1 aromatic carbocycles. The number of halogens is 3. The molecule has 36 heavy (non-hydrogen) atoms. The molecule has 192 valence electrons. The van der Waals surface area contributed by atoms with Crippen molar-refractivity contribution >= 4 is 34.7 Å². The topological polar surface area (TPSA) is 120 Å². The van der Waals surface area contributed by atoms with E-state index in [-0.39, 0.29) is 35.8 Å². The van der Waals surface area contributed by atoms with E-state index in [1.54, 1.807) is 10.8 Å². The number of fused-ring (bicyclic) bond motifs is 1. The molecule has 1 aliphatic carbocycles. The molecule has 0 spiro atoms. The highest BCUT2D eigenvalue weighted by Gasteiger charge is 2.30. The Morgan fingerprint density at radius 1 is 1.11 bits per heavy atom. The number of ether oxygens (including phenoxy) is 1. The summed E-state index contributed by atoms with van der Waals surface area (Å²) in [4.78, 5) is 25.3. The van der Waals surface area contributed by atoms with E-state index in [9.17, 15) is 18.0 Å². The summed E-state index contributed by atoms with van der Waals surface area (Å²) in [6, 6.07) is 1.20. The summed E-state index contributed by atoms with van der Waals surface area (Å²) in [6.45, 7) is 3.38. The highest BCUT2D eigenvalue weighted by Crippen LogP contribution is 2.37. The van der Waals surface area contributed by atoms with Crippen LogP contribution in [-0.4, -0.2) is 44.7 Å². The number of hydrogen-bond donors (Lipinski definition) is 3. The van der Waals surface area contributed by atoms with Crippen LogP contribution in [0.3, 0.4) is 0 Å². The Morgan fingerprint density at radius 2 is 1.83 bits per heavy atom. The number of benzene rings is 1. The fraction of sp³-hybridized carbons (Fsp3) is 0.500. The predicted octanol–water partition coefficient (Wildman–Crippen LogP) is 4.04. The smallest absolute Gasteiger partial charge is 0.224 e. The van der Waals surface area contributed by atoms with E-state index in [2.05, 4.69) is 27.5 Å². The van der Waals surface area contributed by atoms with Crippen LogP contribution < -0.4 is 16.4 Å². The van der Waals surface area contributed by atoms with Crippen molar-refractivity contribution in [2.75, 3.05) is 23.8 Å². The monoisotopic (exact) mass is 503 g/mol. The molecule has 1 saturated heterocycles. The average Bonchev–Trinajstić information content (AvgIpc) is 3.20. The highest BCUT2D eigenvalue weighted by atomic mass is 19.1. The predicted molar refractivity (Wildman–Crippen MR) is 127 cm³/mol. The van der Waals surface area contributed by atoms with Gasteiger partial charge in [0.1, 0.15) is 17.0 Å². The van der Waals surface area contributed by atoms with Gasteiger partial charge in [0.25, 0.3) is 0 Å². The van der Waals surface area contributed by atoms with E-state index in [4.69, 9.17) is 15.5 Å². The number of amides is 1. The van der Waals surface area contributed by atoms with E-state index in [1.807, 2.05) is 0 Å². The lowest BCUT2D eigenvalue weighted by Crippen LogP contribution is -2.36. The fourth-order valence-corrected chi connectivity index (χ4v) is 5.05. The molecule has 1 aliphatic heterocycles. The second kappa shape index (κ2) is 9.92. The van der Waals surface area contributed by atoms with Gasteiger partial charge in [-0.1, -0.05) is 6.92 Å². The van der Waals surface area contributed by atoms with Crippen LogP contribution in [0.4, 0.5) is 30.8 Å². The number of nitrogens with zero attached hydrogens (tertiary/aromatic N) is 4. The molecule has 2 atom stereocenters. The third-order valence-electron chi connectivity index (χ3n) is 7.10. The van der Waals surface area contributed by atoms with Crippen LogP contribution in [0, 0.1) is 29.3 Å². The van der Waals surface area contributed by atoms with Gasteiger partial charge in [-0.3, -0.25) is 9.36 Å². The van der Waals surface area contributed by atoms with E-state index < -0.39 is 23.1 Å². The average molecular weight is 504 g/mol. The standard InChI is InChI=1S/C24H28F3N7O2/c1-12-11-36-7-6-18(12)30-23-29-10-19-22(33-23)34(15-4-2-13(3-5-15)21(28)35)24(31-19)32-20-16(26)8-14(25)9-17(20)27/h8-10,12-13,15,18H,2-7,11H2,1H3,(H2,28,35)(H,31,32)(H,29,30,33)/t12-,13?,15?,18+/m0/s1. The number of anilines is 3. The Morgan fingerprint density at radius 3 is 2.50 bits per heavy atom. The summed E-state index contributed by atoms with van der Waals surface area (Å²) in [5.41, 5.74) is 5.90. The van der Waals surface area contributed by atoms with Gasteiger partial charge in [0.2, 0.25) is 17.8 Å². The number of hydrogen-bond acceptors (Lipinski definition) is 7. The number of aromatic nitrogens is 4. The first-order chi connectivity index (χ1) is 17.3. The Hall–Kier alpha value is -3.41. The van der Waals surface area contributed by atoms with Gasteiger partial charge in [0.15, 0.2) is 17.3 Å². The number of imidazole rings is 1. The lowest BCUT2D eigenvalue weighted by atomic mass is 9.85. The van der Waals surface area contributed by atoms with Gasteiger partial charge in [-0.05, 0) is 38.0 Å². The molecule has 1 saturated carbocycles. The van der Waals surface area contributed by atoms with Crippen molar-refractivity contribution < 1.29 is 22.7 Å².